The van der Waals surface area contributed by atoms with Crippen LogP contribution in [0.5, 0.6) is 0 Å². The molecule has 0 saturated heterocycles. The van der Waals surface area contributed by atoms with Gasteiger partial charge in [0, 0.05) is 18.7 Å². The number of nitrogens with one attached hydrogen (secondary N) is 2. The number of anilines is 3. The first-order chi connectivity index (χ1) is 9.56. The Bertz CT molecular complexity index is 584. The van der Waals surface area contributed by atoms with Crippen molar-refractivity contribution in [2.45, 2.75) is 6.42 Å². The van der Waals surface area contributed by atoms with Crippen LogP contribution in [0.4, 0.5) is 26.4 Å². The normalized spacial score (nSPS) is 10.3. The lowest BCUT2D eigenvalue weighted by atomic mass is 10.1. The van der Waals surface area contributed by atoms with Crippen LogP contribution in [0.3, 0.4) is 0 Å². The molecule has 8 heteroatoms. The molecule has 1 aromatic heterocycles. The van der Waals surface area contributed by atoms with E-state index in [1.807, 2.05) is 0 Å². The third-order valence-electron chi connectivity index (χ3n) is 2.53. The van der Waals surface area contributed by atoms with Crippen molar-refractivity contribution in [1.29, 1.82) is 0 Å². The van der Waals surface area contributed by atoms with Crippen molar-refractivity contribution in [2.24, 2.45) is 5.84 Å². The van der Waals surface area contributed by atoms with Gasteiger partial charge in [-0.3, -0.25) is 0 Å². The molecule has 106 valence electrons. The molecule has 0 aliphatic carbocycles. The number of nitrogens with zero attached hydrogens (tertiary/aromatic N) is 2. The maximum absolute atomic E-state index is 13.0. The summed E-state index contributed by atoms with van der Waals surface area (Å²) in [7, 11) is 0. The van der Waals surface area contributed by atoms with Gasteiger partial charge in [0.15, 0.2) is 0 Å². The van der Waals surface area contributed by atoms with Crippen molar-refractivity contribution in [3.63, 3.8) is 0 Å². The van der Waals surface area contributed by atoms with Crippen molar-refractivity contribution in [1.82, 2.24) is 9.97 Å². The minimum atomic E-state index is -0.596. The molecule has 2 rings (SSSR count). The summed E-state index contributed by atoms with van der Waals surface area (Å²) in [4.78, 5) is 7.79. The summed E-state index contributed by atoms with van der Waals surface area (Å²) in [6.45, 7) is 0.434. The number of nitrogen functional groups attached to an aromatic ring is 2. The summed E-state index contributed by atoms with van der Waals surface area (Å²) in [6.07, 6.45) is 0.434. The highest BCUT2D eigenvalue weighted by molar-refractivity contribution is 5.50. The number of hydrazine groups is 1. The van der Waals surface area contributed by atoms with Crippen LogP contribution in [-0.4, -0.2) is 16.5 Å². The summed E-state index contributed by atoms with van der Waals surface area (Å²) in [5.41, 5.74) is 8.41. The average Bonchev–Trinajstić information content (AvgIpc) is 2.37. The third kappa shape index (κ3) is 3.75. The molecule has 0 radical (unpaired) electrons. The average molecular weight is 280 g/mol. The van der Waals surface area contributed by atoms with Gasteiger partial charge in [-0.2, -0.15) is 9.97 Å². The van der Waals surface area contributed by atoms with E-state index in [2.05, 4.69) is 20.7 Å². The van der Waals surface area contributed by atoms with Crippen LogP contribution < -0.4 is 22.3 Å². The molecule has 0 saturated carbocycles. The molecule has 0 aliphatic heterocycles. The smallest absolute Gasteiger partial charge is 0.223 e. The second-order valence-electron chi connectivity index (χ2n) is 4.10. The van der Waals surface area contributed by atoms with E-state index in [0.29, 0.717) is 30.2 Å². The molecule has 0 bridgehead atoms. The highest BCUT2D eigenvalue weighted by Gasteiger charge is 2.03. The van der Waals surface area contributed by atoms with Crippen LogP contribution in [0.15, 0.2) is 24.3 Å². The Hall–Kier alpha value is -2.48. The van der Waals surface area contributed by atoms with Crippen LogP contribution in [0.1, 0.15) is 5.56 Å². The van der Waals surface area contributed by atoms with E-state index in [4.69, 9.17) is 11.6 Å². The number of hydrogen-bond acceptors (Lipinski definition) is 6. The number of aromatic nitrogens is 2. The molecule has 0 atom stereocenters. The van der Waals surface area contributed by atoms with Crippen molar-refractivity contribution in [3.05, 3.63) is 41.5 Å². The Labute approximate surface area is 114 Å². The van der Waals surface area contributed by atoms with Gasteiger partial charge >= 0.3 is 0 Å². The first-order valence-corrected chi connectivity index (χ1v) is 5.87. The van der Waals surface area contributed by atoms with Crippen molar-refractivity contribution >= 4 is 17.6 Å². The van der Waals surface area contributed by atoms with Crippen LogP contribution in [0.2, 0.25) is 0 Å². The van der Waals surface area contributed by atoms with E-state index < -0.39 is 11.6 Å². The fraction of sp³-hybridized carbons (Fsp3) is 0.167. The molecule has 0 spiro atoms. The van der Waals surface area contributed by atoms with Crippen molar-refractivity contribution < 1.29 is 8.78 Å². The van der Waals surface area contributed by atoms with Crippen LogP contribution in [0.25, 0.3) is 0 Å². The lowest BCUT2D eigenvalue weighted by Crippen LogP contribution is -2.13. The Morgan fingerprint density at radius 2 is 1.65 bits per heavy atom. The Balaban J connectivity index is 1.97. The van der Waals surface area contributed by atoms with E-state index in [1.165, 1.54) is 12.1 Å². The predicted octanol–water partition coefficient (Wildman–Crippen LogP) is 1.28. The largest absolute Gasteiger partial charge is 0.370 e. The summed E-state index contributed by atoms with van der Waals surface area (Å²) >= 11 is 0. The number of hydrogen-bond donors (Lipinski definition) is 4. The van der Waals surface area contributed by atoms with Gasteiger partial charge in [-0.1, -0.05) is 0 Å². The topological polar surface area (TPSA) is 102 Å². The molecule has 6 nitrogen and oxygen atoms in total. The van der Waals surface area contributed by atoms with E-state index in [-0.39, 0.29) is 5.95 Å². The van der Waals surface area contributed by atoms with Gasteiger partial charge in [0.25, 0.3) is 0 Å². The van der Waals surface area contributed by atoms with Crippen LogP contribution in [0, 0.1) is 11.6 Å². The van der Waals surface area contributed by atoms with Gasteiger partial charge in [0.05, 0.1) is 0 Å². The summed E-state index contributed by atoms with van der Waals surface area (Å²) in [5.74, 6) is 4.96. The second-order valence-corrected chi connectivity index (χ2v) is 4.10. The minimum Gasteiger partial charge on any atom is -0.370 e. The highest BCUT2D eigenvalue weighted by Crippen LogP contribution is 2.12. The van der Waals surface area contributed by atoms with Crippen molar-refractivity contribution in [3.8, 4) is 0 Å². The number of halogens is 2. The Morgan fingerprint density at radius 1 is 1.00 bits per heavy atom. The maximum atomic E-state index is 13.0. The fourth-order valence-corrected chi connectivity index (χ4v) is 1.72. The molecule has 1 heterocycles. The summed E-state index contributed by atoms with van der Waals surface area (Å²) in [6, 6.07) is 4.97. The van der Waals surface area contributed by atoms with Crippen molar-refractivity contribution in [2.75, 3.05) is 23.0 Å². The molecule has 0 aliphatic rings. The highest BCUT2D eigenvalue weighted by atomic mass is 19.1. The zero-order chi connectivity index (χ0) is 14.5. The van der Waals surface area contributed by atoms with Gasteiger partial charge in [-0.25, -0.2) is 14.6 Å². The molecular weight excluding hydrogens is 266 g/mol. The molecule has 0 amide bonds. The zero-order valence-corrected chi connectivity index (χ0v) is 10.5. The van der Waals surface area contributed by atoms with E-state index in [0.717, 1.165) is 6.07 Å². The molecule has 0 unspecified atom stereocenters. The summed E-state index contributed by atoms with van der Waals surface area (Å²) in [5, 5.41) is 2.98. The monoisotopic (exact) mass is 280 g/mol. The predicted molar refractivity (Wildman–Crippen MR) is 72.8 cm³/mol. The number of rotatable bonds is 5. The summed E-state index contributed by atoms with van der Waals surface area (Å²) < 4.78 is 26.0. The molecule has 20 heavy (non-hydrogen) atoms. The zero-order valence-electron chi connectivity index (χ0n) is 10.5. The number of benzene rings is 1. The molecule has 1 aromatic carbocycles. The third-order valence-corrected chi connectivity index (χ3v) is 2.53. The van der Waals surface area contributed by atoms with E-state index in [9.17, 15) is 8.78 Å². The quantitative estimate of drug-likeness (QED) is 0.486. The Morgan fingerprint density at radius 3 is 2.30 bits per heavy atom. The van der Waals surface area contributed by atoms with Gasteiger partial charge < -0.3 is 16.5 Å². The lowest BCUT2D eigenvalue weighted by Gasteiger charge is -2.08. The molecule has 2 aromatic rings. The standard InChI is InChI=1S/C12H14F2N6/c13-8-3-7(4-9(14)5-8)1-2-17-10-6-11(20-16)19-12(15)18-10/h3-6H,1-2,16H2,(H4,15,17,18,19,20). The van der Waals surface area contributed by atoms with Gasteiger partial charge in [0.1, 0.15) is 23.3 Å². The van der Waals surface area contributed by atoms with Gasteiger partial charge in [0.2, 0.25) is 5.95 Å². The Kier molecular flexibility index (Phi) is 4.26. The fourth-order valence-electron chi connectivity index (χ4n) is 1.72. The first kappa shape index (κ1) is 13.9. The van der Waals surface area contributed by atoms with Gasteiger partial charge in [-0.05, 0) is 24.1 Å². The first-order valence-electron chi connectivity index (χ1n) is 5.87. The number of nitrogens with two attached hydrogens (primary N) is 2. The van der Waals surface area contributed by atoms with Crippen LogP contribution in [-0.2, 0) is 6.42 Å². The van der Waals surface area contributed by atoms with E-state index in [1.54, 1.807) is 6.07 Å². The lowest BCUT2D eigenvalue weighted by molar-refractivity contribution is 0.580. The van der Waals surface area contributed by atoms with Gasteiger partial charge in [-0.15, -0.1) is 0 Å². The molecular formula is C12H14F2N6. The molecule has 0 fully saturated rings. The maximum Gasteiger partial charge on any atom is 0.223 e. The van der Waals surface area contributed by atoms with Crippen LogP contribution >= 0.6 is 0 Å². The SMILES string of the molecule is NNc1cc(NCCc2cc(F)cc(F)c2)nc(N)n1. The minimum absolute atomic E-state index is 0.0692. The molecule has 6 N–H and O–H groups in total. The second kappa shape index (κ2) is 6.11. The van der Waals surface area contributed by atoms with E-state index >= 15 is 0 Å².